The van der Waals surface area contributed by atoms with E-state index in [-0.39, 0.29) is 11.7 Å². The van der Waals surface area contributed by atoms with E-state index in [1.54, 1.807) is 0 Å². The van der Waals surface area contributed by atoms with Gasteiger partial charge in [-0.1, -0.05) is 104 Å². The molecule has 30 heavy (non-hydrogen) atoms. The molecular formula is C25H24F3OP. The molecule has 0 N–H and O–H groups in total. The average molecular weight is 428 g/mol. The summed E-state index contributed by atoms with van der Waals surface area (Å²) < 4.78 is 41.6. The maximum atomic E-state index is 13.9. The second kappa shape index (κ2) is 9.49. The van der Waals surface area contributed by atoms with Crippen LogP contribution in [0.3, 0.4) is 0 Å². The van der Waals surface area contributed by atoms with Crippen molar-refractivity contribution in [3.8, 4) is 0 Å². The molecule has 0 aliphatic rings. The van der Waals surface area contributed by atoms with Crippen LogP contribution >= 0.6 is 6.89 Å². The molecule has 0 saturated heterocycles. The first-order valence-corrected chi connectivity index (χ1v) is 11.7. The van der Waals surface area contributed by atoms with Crippen LogP contribution in [0.4, 0.5) is 13.2 Å². The van der Waals surface area contributed by atoms with Crippen LogP contribution in [-0.2, 0) is 4.79 Å². The molecule has 5 heteroatoms. The number of halogens is 3. The normalized spacial score (nSPS) is 11.9. The molecule has 0 bridgehead atoms. The van der Waals surface area contributed by atoms with Gasteiger partial charge in [-0.25, -0.2) is 0 Å². The van der Waals surface area contributed by atoms with E-state index < -0.39 is 18.8 Å². The predicted octanol–water partition coefficient (Wildman–Crippen LogP) is 5.47. The Morgan fingerprint density at radius 3 is 1.40 bits per heavy atom. The molecule has 0 unspecified atom stereocenters. The summed E-state index contributed by atoms with van der Waals surface area (Å²) in [6, 6.07) is 27.6. The van der Waals surface area contributed by atoms with Gasteiger partial charge in [-0.3, -0.25) is 4.79 Å². The van der Waals surface area contributed by atoms with Crippen molar-refractivity contribution in [1.82, 2.24) is 0 Å². The highest BCUT2D eigenvalue weighted by atomic mass is 31.2. The van der Waals surface area contributed by atoms with Gasteiger partial charge in [0.15, 0.2) is 0 Å². The third-order valence-electron chi connectivity index (χ3n) is 5.12. The fourth-order valence-corrected chi connectivity index (χ4v) is 8.42. The molecule has 0 fully saturated rings. The zero-order chi connectivity index (χ0) is 21.6. The SMILES string of the molecule is CCCCC(C(=O)C(F)(F)F)=P(c1ccccc1)(c1ccccc1)c1ccccc1. The first-order valence-electron chi connectivity index (χ1n) is 9.96. The summed E-state index contributed by atoms with van der Waals surface area (Å²) in [6.07, 6.45) is -3.59. The van der Waals surface area contributed by atoms with Crippen molar-refractivity contribution in [2.75, 3.05) is 0 Å². The van der Waals surface area contributed by atoms with E-state index in [1.807, 2.05) is 97.9 Å². The minimum Gasteiger partial charge on any atom is -0.284 e. The van der Waals surface area contributed by atoms with Crippen LogP contribution in [0.15, 0.2) is 91.0 Å². The number of hydrogen-bond donors (Lipinski definition) is 0. The highest BCUT2D eigenvalue weighted by molar-refractivity contribution is 7.96. The van der Waals surface area contributed by atoms with Crippen LogP contribution in [0.5, 0.6) is 0 Å². The molecule has 156 valence electrons. The topological polar surface area (TPSA) is 17.1 Å². The Labute approximate surface area is 175 Å². The third kappa shape index (κ3) is 4.29. The van der Waals surface area contributed by atoms with Gasteiger partial charge in [0.05, 0.1) is 0 Å². The summed E-state index contributed by atoms with van der Waals surface area (Å²) >= 11 is 0. The zero-order valence-electron chi connectivity index (χ0n) is 16.8. The second-order valence-corrected chi connectivity index (χ2v) is 10.5. The van der Waals surface area contributed by atoms with Crippen LogP contribution < -0.4 is 15.9 Å². The quantitative estimate of drug-likeness (QED) is 0.456. The van der Waals surface area contributed by atoms with E-state index in [2.05, 4.69) is 0 Å². The van der Waals surface area contributed by atoms with Gasteiger partial charge in [-0.2, -0.15) is 13.2 Å². The van der Waals surface area contributed by atoms with E-state index in [1.165, 1.54) is 0 Å². The first-order chi connectivity index (χ1) is 14.4. The fraction of sp³-hybridized carbons (Fsp3) is 0.200. The Bertz CT molecular complexity index is 923. The van der Waals surface area contributed by atoms with Gasteiger partial charge in [0.2, 0.25) is 0 Å². The van der Waals surface area contributed by atoms with Crippen molar-refractivity contribution in [3.05, 3.63) is 91.0 Å². The van der Waals surface area contributed by atoms with Crippen LogP contribution in [0.2, 0.25) is 0 Å². The molecule has 0 amide bonds. The van der Waals surface area contributed by atoms with Crippen molar-refractivity contribution >= 4 is 33.9 Å². The Balaban J connectivity index is 2.58. The van der Waals surface area contributed by atoms with Crippen LogP contribution in [0, 0.1) is 0 Å². The lowest BCUT2D eigenvalue weighted by Crippen LogP contribution is -2.38. The summed E-state index contributed by atoms with van der Waals surface area (Å²) in [5.74, 6) is -1.71. The van der Waals surface area contributed by atoms with Crippen LogP contribution in [-0.4, -0.2) is 17.3 Å². The van der Waals surface area contributed by atoms with Gasteiger partial charge in [0, 0.05) is 5.29 Å². The maximum Gasteiger partial charge on any atom is 0.454 e. The number of carbonyl (C=O) groups is 1. The number of benzene rings is 3. The summed E-state index contributed by atoms with van der Waals surface area (Å²) in [4.78, 5) is 12.9. The number of ketones is 1. The molecule has 0 spiro atoms. The molecule has 3 aromatic rings. The maximum absolute atomic E-state index is 13.9. The molecule has 0 atom stereocenters. The summed E-state index contributed by atoms with van der Waals surface area (Å²) in [5, 5.41) is 2.24. The fourth-order valence-electron chi connectivity index (χ4n) is 3.81. The smallest absolute Gasteiger partial charge is 0.284 e. The van der Waals surface area contributed by atoms with Gasteiger partial charge in [-0.05, 0) is 35.6 Å². The standard InChI is InChI=1S/C25H24F3OP/c1-2-3-19-23(24(29)25(26,27)28)30(20-13-7-4-8-14-20,21-15-9-5-10-16-21)22-17-11-6-12-18-22/h4-18H,2-3,19H2,1H3. The van der Waals surface area contributed by atoms with Gasteiger partial charge in [0.1, 0.15) is 0 Å². The Morgan fingerprint density at radius 1 is 0.733 bits per heavy atom. The van der Waals surface area contributed by atoms with E-state index in [9.17, 15) is 18.0 Å². The predicted molar refractivity (Wildman–Crippen MR) is 121 cm³/mol. The summed E-state index contributed by atoms with van der Waals surface area (Å²) in [5.41, 5.74) is 0. The van der Waals surface area contributed by atoms with E-state index in [0.29, 0.717) is 12.8 Å². The number of carbonyl (C=O) groups excluding carboxylic acids is 1. The summed E-state index contributed by atoms with van der Waals surface area (Å²) in [7, 11) is 0. The number of alkyl halides is 3. The largest absolute Gasteiger partial charge is 0.454 e. The monoisotopic (exact) mass is 428 g/mol. The molecule has 0 aromatic heterocycles. The van der Waals surface area contributed by atoms with Crippen molar-refractivity contribution in [3.63, 3.8) is 0 Å². The van der Waals surface area contributed by atoms with Gasteiger partial charge in [0.25, 0.3) is 5.78 Å². The van der Waals surface area contributed by atoms with E-state index >= 15 is 0 Å². The average Bonchev–Trinajstić information content (AvgIpc) is 2.77. The lowest BCUT2D eigenvalue weighted by molar-refractivity contribution is -0.163. The van der Waals surface area contributed by atoms with E-state index in [4.69, 9.17) is 0 Å². The van der Waals surface area contributed by atoms with Crippen molar-refractivity contribution in [2.24, 2.45) is 0 Å². The minimum absolute atomic E-state index is 0.0274. The Morgan fingerprint density at radius 2 is 1.10 bits per heavy atom. The van der Waals surface area contributed by atoms with Crippen LogP contribution in [0.25, 0.3) is 0 Å². The van der Waals surface area contributed by atoms with Crippen molar-refractivity contribution in [2.45, 2.75) is 32.4 Å². The third-order valence-corrected chi connectivity index (χ3v) is 9.58. The first kappa shape index (κ1) is 22.1. The molecular weight excluding hydrogens is 404 g/mol. The molecule has 0 saturated carbocycles. The van der Waals surface area contributed by atoms with Gasteiger partial charge >= 0.3 is 6.18 Å². The van der Waals surface area contributed by atoms with Crippen LogP contribution in [0.1, 0.15) is 26.2 Å². The lowest BCUT2D eigenvalue weighted by atomic mass is 10.1. The molecule has 3 aromatic carbocycles. The van der Waals surface area contributed by atoms with Gasteiger partial charge < -0.3 is 0 Å². The molecule has 0 heterocycles. The van der Waals surface area contributed by atoms with Gasteiger partial charge in [-0.15, -0.1) is 0 Å². The van der Waals surface area contributed by atoms with Crippen molar-refractivity contribution in [1.29, 1.82) is 0 Å². The Kier molecular flexibility index (Phi) is 6.99. The number of unbranched alkanes of at least 4 members (excludes halogenated alkanes) is 1. The molecule has 1 nitrogen and oxygen atoms in total. The van der Waals surface area contributed by atoms with Crippen molar-refractivity contribution < 1.29 is 18.0 Å². The molecule has 0 radical (unpaired) electrons. The highest BCUT2D eigenvalue weighted by Crippen LogP contribution is 2.48. The molecule has 3 rings (SSSR count). The number of rotatable bonds is 7. The van der Waals surface area contributed by atoms with E-state index in [0.717, 1.165) is 15.9 Å². The number of Topliss-reactive ketones (excluding diaryl/α,β-unsaturated/α-hetero) is 1. The Hall–Kier alpha value is -2.58. The lowest BCUT2D eigenvalue weighted by Gasteiger charge is -2.33. The molecule has 0 aliphatic heterocycles. The highest BCUT2D eigenvalue weighted by Gasteiger charge is 2.45. The zero-order valence-corrected chi connectivity index (χ0v) is 17.7. The summed E-state index contributed by atoms with van der Waals surface area (Å²) in [6.45, 7) is -1.08. The minimum atomic E-state index is -4.92. The molecule has 0 aliphatic carbocycles. The second-order valence-electron chi connectivity index (χ2n) is 7.05. The number of hydrogen-bond acceptors (Lipinski definition) is 1.